The van der Waals surface area contributed by atoms with E-state index in [-0.39, 0.29) is 22.4 Å². The largest absolute Gasteiger partial charge is 0.435 e. The smallest absolute Gasteiger partial charge is 0.387 e. The molecule has 1 aliphatic rings. The number of aromatic amines is 1. The third-order valence-corrected chi connectivity index (χ3v) is 9.03. The summed E-state index contributed by atoms with van der Waals surface area (Å²) in [6, 6.07) is 13.8. The monoisotopic (exact) mass is 531 g/mol. The molecule has 12 heteroatoms. The van der Waals surface area contributed by atoms with E-state index in [9.17, 15) is 26.8 Å². The molecule has 0 spiro atoms. The number of sulfone groups is 1. The van der Waals surface area contributed by atoms with E-state index in [0.29, 0.717) is 16.6 Å². The minimum atomic E-state index is -3.87. The standard InChI is InChI=1S/C25H20F3N3O5S/c1-25(31-20-8-6-15(22(29)32)11-19(20)30-24(31)33)12-37(34,35)21(25)17-10-14(5-7-18(17)26)13-3-2-4-16(9-13)36-23(27)28/h2-11,21,23H,12H2,1H3,(H2,29,32)(H,30,33). The van der Waals surface area contributed by atoms with Crippen LogP contribution in [0.1, 0.15) is 28.1 Å². The van der Waals surface area contributed by atoms with E-state index >= 15 is 4.39 Å². The number of nitrogens with two attached hydrogens (primary N) is 1. The Bertz CT molecular complexity index is 1730. The number of ether oxygens (including phenoxy) is 1. The van der Waals surface area contributed by atoms with Crippen molar-refractivity contribution in [1.82, 2.24) is 9.55 Å². The number of benzene rings is 3. The second-order valence-corrected chi connectivity index (χ2v) is 11.1. The minimum absolute atomic E-state index is 0.111. The number of carbonyl (C=O) groups excluding carboxylic acids is 1. The van der Waals surface area contributed by atoms with Gasteiger partial charge in [-0.25, -0.2) is 17.6 Å². The molecule has 1 saturated heterocycles. The summed E-state index contributed by atoms with van der Waals surface area (Å²) in [5.74, 6) is -2.05. The van der Waals surface area contributed by atoms with Crippen molar-refractivity contribution in [2.24, 2.45) is 5.73 Å². The van der Waals surface area contributed by atoms with Gasteiger partial charge in [0.15, 0.2) is 9.84 Å². The fourth-order valence-electron chi connectivity index (χ4n) is 5.11. The zero-order valence-corrected chi connectivity index (χ0v) is 20.1. The summed E-state index contributed by atoms with van der Waals surface area (Å²) in [6.07, 6.45) is 0. The molecule has 2 unspecified atom stereocenters. The van der Waals surface area contributed by atoms with Crippen molar-refractivity contribution >= 4 is 26.8 Å². The lowest BCUT2D eigenvalue weighted by molar-refractivity contribution is -0.0498. The molecule has 4 aromatic rings. The highest BCUT2D eigenvalue weighted by Gasteiger charge is 2.59. The quantitative estimate of drug-likeness (QED) is 0.393. The Balaban J connectivity index is 1.63. The van der Waals surface area contributed by atoms with Gasteiger partial charge in [-0.1, -0.05) is 18.2 Å². The van der Waals surface area contributed by atoms with Gasteiger partial charge in [-0.3, -0.25) is 9.36 Å². The first-order valence-corrected chi connectivity index (χ1v) is 12.7. The van der Waals surface area contributed by atoms with Gasteiger partial charge in [-0.05, 0) is 60.5 Å². The second-order valence-electron chi connectivity index (χ2n) is 9.05. The van der Waals surface area contributed by atoms with Gasteiger partial charge in [-0.15, -0.1) is 0 Å². The molecule has 0 radical (unpaired) electrons. The zero-order valence-electron chi connectivity index (χ0n) is 19.2. The Morgan fingerprint density at radius 2 is 1.86 bits per heavy atom. The number of alkyl halides is 2. The first-order valence-electron chi connectivity index (χ1n) is 11.0. The maximum absolute atomic E-state index is 15.2. The number of halogens is 3. The third kappa shape index (κ3) is 4.06. The number of hydrogen-bond acceptors (Lipinski definition) is 5. The third-order valence-electron chi connectivity index (χ3n) is 6.57. The van der Waals surface area contributed by atoms with Crippen LogP contribution in [0.2, 0.25) is 0 Å². The number of amides is 1. The molecule has 2 atom stereocenters. The van der Waals surface area contributed by atoms with Gasteiger partial charge in [0.05, 0.1) is 22.3 Å². The van der Waals surface area contributed by atoms with Crippen LogP contribution >= 0.6 is 0 Å². The number of hydrogen-bond donors (Lipinski definition) is 2. The van der Waals surface area contributed by atoms with Gasteiger partial charge in [-0.2, -0.15) is 8.78 Å². The van der Waals surface area contributed by atoms with E-state index in [1.54, 1.807) is 13.0 Å². The second kappa shape index (κ2) is 8.51. The summed E-state index contributed by atoms with van der Waals surface area (Å²) in [6.45, 7) is -1.49. The van der Waals surface area contributed by atoms with E-state index in [1.165, 1.54) is 53.1 Å². The van der Waals surface area contributed by atoms with Crippen molar-refractivity contribution in [3.05, 3.63) is 88.1 Å². The van der Waals surface area contributed by atoms with Crippen molar-refractivity contribution in [3.63, 3.8) is 0 Å². The summed E-state index contributed by atoms with van der Waals surface area (Å²) in [7, 11) is -3.87. The van der Waals surface area contributed by atoms with Crippen LogP contribution in [-0.4, -0.2) is 36.2 Å². The van der Waals surface area contributed by atoms with Gasteiger partial charge in [0, 0.05) is 11.1 Å². The average molecular weight is 532 g/mol. The summed E-state index contributed by atoms with van der Waals surface area (Å²) in [5.41, 5.74) is 4.67. The summed E-state index contributed by atoms with van der Waals surface area (Å²) in [5, 5.41) is -1.42. The van der Waals surface area contributed by atoms with Crippen molar-refractivity contribution in [3.8, 4) is 16.9 Å². The van der Waals surface area contributed by atoms with E-state index < -0.39 is 50.4 Å². The number of rotatable bonds is 6. The number of imidazole rings is 1. The molecular weight excluding hydrogens is 511 g/mol. The highest BCUT2D eigenvalue weighted by Crippen LogP contribution is 2.51. The number of aromatic nitrogens is 2. The molecule has 0 bridgehead atoms. The van der Waals surface area contributed by atoms with Gasteiger partial charge < -0.3 is 15.5 Å². The van der Waals surface area contributed by atoms with Crippen LogP contribution in [0.5, 0.6) is 5.75 Å². The number of H-pyrrole nitrogens is 1. The van der Waals surface area contributed by atoms with E-state index in [0.717, 1.165) is 6.07 Å². The molecule has 192 valence electrons. The fraction of sp³-hybridized carbons (Fsp3) is 0.200. The number of fused-ring (bicyclic) bond motifs is 1. The molecular formula is C25H20F3N3O5S. The first kappa shape index (κ1) is 24.6. The summed E-state index contributed by atoms with van der Waals surface area (Å²) in [4.78, 5) is 27.1. The maximum Gasteiger partial charge on any atom is 0.387 e. The summed E-state index contributed by atoms with van der Waals surface area (Å²) < 4.78 is 72.2. The van der Waals surface area contributed by atoms with Crippen molar-refractivity contribution in [2.45, 2.75) is 24.3 Å². The predicted octanol–water partition coefficient (Wildman–Crippen LogP) is 3.72. The Hall–Kier alpha value is -4.06. The van der Waals surface area contributed by atoms with Crippen LogP contribution in [0.25, 0.3) is 22.2 Å². The Kier molecular flexibility index (Phi) is 5.66. The Morgan fingerprint density at radius 3 is 2.54 bits per heavy atom. The van der Waals surface area contributed by atoms with Crippen LogP contribution < -0.4 is 16.2 Å². The lowest BCUT2D eigenvalue weighted by atomic mass is 9.89. The molecule has 1 aromatic heterocycles. The molecule has 1 fully saturated rings. The fourth-order valence-corrected chi connectivity index (χ4v) is 7.62. The molecule has 5 rings (SSSR count). The molecule has 2 heterocycles. The van der Waals surface area contributed by atoms with E-state index in [1.807, 2.05) is 0 Å². The van der Waals surface area contributed by atoms with Crippen LogP contribution in [0, 0.1) is 5.82 Å². The minimum Gasteiger partial charge on any atom is -0.435 e. The summed E-state index contributed by atoms with van der Waals surface area (Å²) >= 11 is 0. The molecule has 3 aromatic carbocycles. The van der Waals surface area contributed by atoms with Crippen molar-refractivity contribution < 1.29 is 31.1 Å². The maximum atomic E-state index is 15.2. The normalized spacial score (nSPS) is 20.6. The van der Waals surface area contributed by atoms with E-state index in [4.69, 9.17) is 5.73 Å². The Morgan fingerprint density at radius 1 is 1.14 bits per heavy atom. The molecule has 1 amide bonds. The first-order chi connectivity index (χ1) is 17.4. The van der Waals surface area contributed by atoms with Gasteiger partial charge in [0.1, 0.15) is 16.8 Å². The number of nitrogens with one attached hydrogen (secondary N) is 1. The number of primary amides is 1. The van der Waals surface area contributed by atoms with Crippen LogP contribution in [0.4, 0.5) is 13.2 Å². The number of carbonyl (C=O) groups is 1. The SMILES string of the molecule is CC1(n2c(=O)[nH]c3cc(C(N)=O)ccc32)CS(=O)(=O)C1c1cc(-c2cccc(OC(F)F)c2)ccc1F. The average Bonchev–Trinajstić information content (AvgIpc) is 3.14. The molecule has 0 saturated carbocycles. The van der Waals surface area contributed by atoms with Crippen LogP contribution in [-0.2, 0) is 15.4 Å². The molecule has 8 nitrogen and oxygen atoms in total. The number of nitrogens with zero attached hydrogens (tertiary/aromatic N) is 1. The molecule has 3 N–H and O–H groups in total. The topological polar surface area (TPSA) is 124 Å². The van der Waals surface area contributed by atoms with E-state index in [2.05, 4.69) is 9.72 Å². The van der Waals surface area contributed by atoms with Crippen LogP contribution in [0.3, 0.4) is 0 Å². The van der Waals surface area contributed by atoms with Crippen LogP contribution in [0.15, 0.2) is 65.5 Å². The van der Waals surface area contributed by atoms with Gasteiger partial charge in [0.2, 0.25) is 5.91 Å². The van der Waals surface area contributed by atoms with Gasteiger partial charge >= 0.3 is 12.3 Å². The predicted molar refractivity (Wildman–Crippen MR) is 130 cm³/mol. The molecule has 0 aliphatic carbocycles. The zero-order chi connectivity index (χ0) is 26.7. The Labute approximate surface area is 208 Å². The van der Waals surface area contributed by atoms with Crippen molar-refractivity contribution in [1.29, 1.82) is 0 Å². The van der Waals surface area contributed by atoms with Gasteiger partial charge in [0.25, 0.3) is 0 Å². The lowest BCUT2D eigenvalue weighted by Gasteiger charge is -2.47. The van der Waals surface area contributed by atoms with Crippen molar-refractivity contribution in [2.75, 3.05) is 5.75 Å². The molecule has 37 heavy (non-hydrogen) atoms. The highest BCUT2D eigenvalue weighted by atomic mass is 32.2. The molecule has 1 aliphatic heterocycles. The highest BCUT2D eigenvalue weighted by molar-refractivity contribution is 7.93. The lowest BCUT2D eigenvalue weighted by Crippen LogP contribution is -2.59.